The molecule has 94 valence electrons. The van der Waals surface area contributed by atoms with Crippen molar-refractivity contribution in [1.29, 1.82) is 0 Å². The van der Waals surface area contributed by atoms with Crippen molar-refractivity contribution in [3.8, 4) is 0 Å². The number of nitrogens with zero attached hydrogens (tertiary/aromatic N) is 2. The number of rotatable bonds is 2. The molecule has 3 heteroatoms. The van der Waals surface area contributed by atoms with E-state index in [-0.39, 0.29) is 5.54 Å². The zero-order chi connectivity index (χ0) is 12.4. The molecule has 2 aliphatic rings. The number of amides is 1. The summed E-state index contributed by atoms with van der Waals surface area (Å²) in [5.41, 5.74) is 2.72. The third kappa shape index (κ3) is 1.84. The minimum absolute atomic E-state index is 0.119. The molecule has 18 heavy (non-hydrogen) atoms. The fourth-order valence-corrected chi connectivity index (χ4v) is 3.31. The largest absolute Gasteiger partial charge is 0.339 e. The average molecular weight is 242 g/mol. The van der Waals surface area contributed by atoms with Crippen LogP contribution in [-0.4, -0.2) is 28.4 Å². The fourth-order valence-electron chi connectivity index (χ4n) is 3.31. The summed E-state index contributed by atoms with van der Waals surface area (Å²) in [4.78, 5) is 17.3. The van der Waals surface area contributed by atoms with Crippen molar-refractivity contribution < 1.29 is 4.79 Å². The Hall–Kier alpha value is -1.64. The lowest BCUT2D eigenvalue weighted by Crippen LogP contribution is -2.43. The van der Waals surface area contributed by atoms with Gasteiger partial charge in [0.05, 0.1) is 0 Å². The summed E-state index contributed by atoms with van der Waals surface area (Å²) in [6.45, 7) is 0.930. The van der Waals surface area contributed by atoms with Crippen LogP contribution in [0.15, 0.2) is 30.6 Å². The van der Waals surface area contributed by atoms with Gasteiger partial charge in [-0.25, -0.2) is 0 Å². The maximum atomic E-state index is 11.1. The molecule has 3 rings (SSSR count). The fraction of sp³-hybridized carbons (Fsp3) is 0.467. The Labute approximate surface area is 108 Å². The van der Waals surface area contributed by atoms with E-state index in [1.165, 1.54) is 11.1 Å². The van der Waals surface area contributed by atoms with Gasteiger partial charge >= 0.3 is 0 Å². The molecule has 0 bridgehead atoms. The monoisotopic (exact) mass is 242 g/mol. The van der Waals surface area contributed by atoms with Crippen molar-refractivity contribution in [2.75, 3.05) is 6.54 Å². The Kier molecular flexibility index (Phi) is 2.90. The predicted molar refractivity (Wildman–Crippen MR) is 70.8 cm³/mol. The summed E-state index contributed by atoms with van der Waals surface area (Å²) in [6, 6.07) is 4.09. The number of aromatic nitrogens is 1. The second-order valence-electron chi connectivity index (χ2n) is 5.30. The third-order valence-corrected chi connectivity index (χ3v) is 4.40. The highest BCUT2D eigenvalue weighted by Gasteiger charge is 2.40. The Bertz CT molecular complexity index is 469. The first-order valence-electron chi connectivity index (χ1n) is 6.66. The van der Waals surface area contributed by atoms with Crippen LogP contribution >= 0.6 is 0 Å². The second-order valence-corrected chi connectivity index (χ2v) is 5.30. The molecule has 1 amide bonds. The normalized spacial score (nSPS) is 27.3. The Morgan fingerprint density at radius 2 is 2.33 bits per heavy atom. The van der Waals surface area contributed by atoms with Gasteiger partial charge in [0.2, 0.25) is 6.41 Å². The summed E-state index contributed by atoms with van der Waals surface area (Å²) >= 11 is 0. The van der Waals surface area contributed by atoms with E-state index in [9.17, 15) is 4.79 Å². The molecule has 1 atom stereocenters. The van der Waals surface area contributed by atoms with Crippen molar-refractivity contribution in [3.05, 3.63) is 36.2 Å². The molecule has 1 aromatic rings. The maximum absolute atomic E-state index is 11.1. The summed E-state index contributed by atoms with van der Waals surface area (Å²) in [5.74, 6) is 0. The number of carbonyl (C=O) groups is 1. The van der Waals surface area contributed by atoms with E-state index in [1.807, 2.05) is 17.2 Å². The van der Waals surface area contributed by atoms with E-state index >= 15 is 0 Å². The van der Waals surface area contributed by atoms with E-state index < -0.39 is 0 Å². The number of allylic oxidation sites excluding steroid dienone is 1. The van der Waals surface area contributed by atoms with Crippen LogP contribution in [0.1, 0.15) is 37.7 Å². The minimum Gasteiger partial charge on any atom is -0.339 e. The van der Waals surface area contributed by atoms with Gasteiger partial charge in [0, 0.05) is 24.5 Å². The number of carbonyl (C=O) groups excluding carboxylic acids is 1. The molecular formula is C15H18N2O. The van der Waals surface area contributed by atoms with Crippen LogP contribution < -0.4 is 0 Å². The van der Waals surface area contributed by atoms with Gasteiger partial charge in [-0.3, -0.25) is 9.78 Å². The van der Waals surface area contributed by atoms with Crippen LogP contribution in [0.2, 0.25) is 0 Å². The third-order valence-electron chi connectivity index (χ3n) is 4.40. The van der Waals surface area contributed by atoms with E-state index in [0.717, 1.165) is 45.1 Å². The molecule has 0 N–H and O–H groups in total. The summed E-state index contributed by atoms with van der Waals surface area (Å²) in [6.07, 6.45) is 12.5. The minimum atomic E-state index is 0.119. The van der Waals surface area contributed by atoms with Crippen molar-refractivity contribution in [2.45, 2.75) is 37.6 Å². The zero-order valence-corrected chi connectivity index (χ0v) is 10.5. The molecule has 1 aliphatic carbocycles. The molecule has 3 nitrogen and oxygen atoms in total. The standard InChI is InChI=1S/C15H18N2O/c18-12-17-10-2-6-15(17)7-4-13(5-8-15)14-3-1-9-16-11-14/h1,3-4,9,11-12H,2,5-8,10H2. The van der Waals surface area contributed by atoms with Gasteiger partial charge in [-0.15, -0.1) is 0 Å². The van der Waals surface area contributed by atoms with Crippen molar-refractivity contribution in [1.82, 2.24) is 9.88 Å². The van der Waals surface area contributed by atoms with E-state index in [4.69, 9.17) is 0 Å². The van der Waals surface area contributed by atoms with Crippen LogP contribution in [0, 0.1) is 0 Å². The lowest BCUT2D eigenvalue weighted by Gasteiger charge is -2.38. The molecule has 1 aliphatic heterocycles. The first-order valence-corrected chi connectivity index (χ1v) is 6.66. The summed E-state index contributed by atoms with van der Waals surface area (Å²) < 4.78 is 0. The zero-order valence-electron chi connectivity index (χ0n) is 10.5. The lowest BCUT2D eigenvalue weighted by molar-refractivity contribution is -0.122. The van der Waals surface area contributed by atoms with Crippen molar-refractivity contribution in [2.24, 2.45) is 0 Å². The highest BCUT2D eigenvalue weighted by molar-refractivity contribution is 5.66. The predicted octanol–water partition coefficient (Wildman–Crippen LogP) is 2.64. The number of pyridine rings is 1. The number of hydrogen-bond donors (Lipinski definition) is 0. The number of hydrogen-bond acceptors (Lipinski definition) is 2. The van der Waals surface area contributed by atoms with Gasteiger partial charge in [-0.2, -0.15) is 0 Å². The quantitative estimate of drug-likeness (QED) is 0.747. The van der Waals surface area contributed by atoms with Gasteiger partial charge < -0.3 is 4.90 Å². The first kappa shape index (κ1) is 11.5. The van der Waals surface area contributed by atoms with Crippen molar-refractivity contribution in [3.63, 3.8) is 0 Å². The van der Waals surface area contributed by atoms with Crippen molar-refractivity contribution >= 4 is 12.0 Å². The van der Waals surface area contributed by atoms with Crippen LogP contribution in [0.3, 0.4) is 0 Å². The summed E-state index contributed by atoms with van der Waals surface area (Å²) in [5, 5.41) is 0. The Morgan fingerprint density at radius 3 is 3.00 bits per heavy atom. The molecule has 1 saturated heterocycles. The van der Waals surface area contributed by atoms with Crippen LogP contribution in [0.4, 0.5) is 0 Å². The van der Waals surface area contributed by atoms with Gasteiger partial charge in [0.1, 0.15) is 0 Å². The molecule has 0 radical (unpaired) electrons. The molecule has 1 aromatic heterocycles. The Balaban J connectivity index is 1.81. The van der Waals surface area contributed by atoms with E-state index in [1.54, 1.807) is 6.20 Å². The highest BCUT2D eigenvalue weighted by Crippen LogP contribution is 2.42. The topological polar surface area (TPSA) is 33.2 Å². The molecule has 0 aromatic carbocycles. The van der Waals surface area contributed by atoms with E-state index in [2.05, 4.69) is 17.1 Å². The average Bonchev–Trinajstić information content (AvgIpc) is 2.83. The SMILES string of the molecule is O=CN1CCCC12CC=C(c1cccnc1)CC2. The molecular weight excluding hydrogens is 224 g/mol. The van der Waals surface area contributed by atoms with Gasteiger partial charge in [-0.1, -0.05) is 12.1 Å². The second kappa shape index (κ2) is 4.56. The van der Waals surface area contributed by atoms with Crippen LogP contribution in [0.5, 0.6) is 0 Å². The molecule has 1 spiro atoms. The molecule has 1 fully saturated rings. The summed E-state index contributed by atoms with van der Waals surface area (Å²) in [7, 11) is 0. The van der Waals surface area contributed by atoms with Gasteiger partial charge in [-0.05, 0) is 49.3 Å². The molecule has 0 saturated carbocycles. The molecule has 2 heterocycles. The van der Waals surface area contributed by atoms with E-state index in [0.29, 0.717) is 0 Å². The number of likely N-dealkylation sites (tertiary alicyclic amines) is 1. The molecule has 1 unspecified atom stereocenters. The lowest BCUT2D eigenvalue weighted by atomic mass is 9.79. The Morgan fingerprint density at radius 1 is 1.39 bits per heavy atom. The smallest absolute Gasteiger partial charge is 0.210 e. The van der Waals surface area contributed by atoms with Gasteiger partial charge in [0.25, 0.3) is 0 Å². The first-order chi connectivity index (χ1) is 8.84. The maximum Gasteiger partial charge on any atom is 0.210 e. The van der Waals surface area contributed by atoms with Gasteiger partial charge in [0.15, 0.2) is 0 Å². The highest BCUT2D eigenvalue weighted by atomic mass is 16.1. The van der Waals surface area contributed by atoms with Crippen LogP contribution in [-0.2, 0) is 4.79 Å². The van der Waals surface area contributed by atoms with Crippen LogP contribution in [0.25, 0.3) is 5.57 Å².